The van der Waals surface area contributed by atoms with E-state index in [0.29, 0.717) is 18.0 Å². The highest BCUT2D eigenvalue weighted by molar-refractivity contribution is 5.89. The van der Waals surface area contributed by atoms with E-state index in [1.54, 1.807) is 32.4 Å². The second kappa shape index (κ2) is 6.06. The molecule has 2 rings (SSSR count). The van der Waals surface area contributed by atoms with Gasteiger partial charge in [-0.25, -0.2) is 9.78 Å². The van der Waals surface area contributed by atoms with Crippen LogP contribution in [0, 0.1) is 6.92 Å². The van der Waals surface area contributed by atoms with Gasteiger partial charge in [0.15, 0.2) is 0 Å². The van der Waals surface area contributed by atoms with Gasteiger partial charge >= 0.3 is 5.97 Å². The van der Waals surface area contributed by atoms with Crippen molar-refractivity contribution in [3.05, 3.63) is 53.2 Å². The maximum atomic E-state index is 10.9. The molecule has 1 aromatic carbocycles. The fourth-order valence-electron chi connectivity index (χ4n) is 1.89. The van der Waals surface area contributed by atoms with E-state index in [2.05, 4.69) is 10.3 Å². The molecular formula is C15H16N2O3. The minimum Gasteiger partial charge on any atom is -0.481 e. The lowest BCUT2D eigenvalue weighted by Crippen LogP contribution is -2.03. The monoisotopic (exact) mass is 272 g/mol. The Balaban J connectivity index is 2.07. The summed E-state index contributed by atoms with van der Waals surface area (Å²) in [5, 5.41) is 12.2. The standard InChI is InChI=1S/C15H16N2O3/c1-10-7-12(3-4-13(10)15(18)19)17-9-11-5-6-16-14(8-11)20-2/h3-8,17H,9H2,1-2H3,(H,18,19). The number of carboxylic acids is 1. The van der Waals surface area contributed by atoms with Gasteiger partial charge in [-0.2, -0.15) is 0 Å². The van der Waals surface area contributed by atoms with Gasteiger partial charge in [0.05, 0.1) is 12.7 Å². The first-order chi connectivity index (χ1) is 9.60. The number of nitrogens with zero attached hydrogens (tertiary/aromatic N) is 1. The highest BCUT2D eigenvalue weighted by atomic mass is 16.5. The van der Waals surface area contributed by atoms with E-state index in [-0.39, 0.29) is 0 Å². The van der Waals surface area contributed by atoms with Crippen LogP contribution in [0.4, 0.5) is 5.69 Å². The van der Waals surface area contributed by atoms with Crippen LogP contribution in [-0.4, -0.2) is 23.2 Å². The fraction of sp³-hybridized carbons (Fsp3) is 0.200. The third-order valence-corrected chi connectivity index (χ3v) is 2.96. The number of hydrogen-bond acceptors (Lipinski definition) is 4. The zero-order valence-corrected chi connectivity index (χ0v) is 11.4. The molecule has 0 fully saturated rings. The zero-order valence-electron chi connectivity index (χ0n) is 11.4. The molecule has 2 N–H and O–H groups in total. The maximum absolute atomic E-state index is 10.9. The molecule has 0 saturated carbocycles. The number of anilines is 1. The van der Waals surface area contributed by atoms with Gasteiger partial charge in [-0.1, -0.05) is 0 Å². The lowest BCUT2D eigenvalue weighted by Gasteiger charge is -2.09. The summed E-state index contributed by atoms with van der Waals surface area (Å²) in [6.07, 6.45) is 1.69. The maximum Gasteiger partial charge on any atom is 0.335 e. The summed E-state index contributed by atoms with van der Waals surface area (Å²) in [6.45, 7) is 2.40. The van der Waals surface area contributed by atoms with Crippen molar-refractivity contribution in [3.63, 3.8) is 0 Å². The molecule has 0 aliphatic rings. The van der Waals surface area contributed by atoms with Crippen molar-refractivity contribution in [2.75, 3.05) is 12.4 Å². The second-order valence-corrected chi connectivity index (χ2v) is 4.39. The zero-order chi connectivity index (χ0) is 14.5. The molecule has 2 aromatic rings. The van der Waals surface area contributed by atoms with Crippen molar-refractivity contribution in [1.82, 2.24) is 4.98 Å². The number of carboxylic acid groups (broad SMARTS) is 1. The molecule has 0 aliphatic carbocycles. The number of hydrogen-bond donors (Lipinski definition) is 2. The first-order valence-corrected chi connectivity index (χ1v) is 6.17. The van der Waals surface area contributed by atoms with Crippen molar-refractivity contribution >= 4 is 11.7 Å². The molecule has 0 amide bonds. The topological polar surface area (TPSA) is 71.5 Å². The predicted molar refractivity (Wildman–Crippen MR) is 76.3 cm³/mol. The number of ether oxygens (including phenoxy) is 1. The highest BCUT2D eigenvalue weighted by Gasteiger charge is 2.07. The number of aromatic nitrogens is 1. The van der Waals surface area contributed by atoms with Gasteiger partial charge in [0.2, 0.25) is 5.88 Å². The Hall–Kier alpha value is -2.56. The van der Waals surface area contributed by atoms with Gasteiger partial charge in [0.1, 0.15) is 0 Å². The molecule has 1 aromatic heterocycles. The SMILES string of the molecule is COc1cc(CNc2ccc(C(=O)O)c(C)c2)ccn1. The summed E-state index contributed by atoms with van der Waals surface area (Å²) in [7, 11) is 1.58. The van der Waals surface area contributed by atoms with E-state index in [4.69, 9.17) is 9.84 Å². The molecule has 0 unspecified atom stereocenters. The largest absolute Gasteiger partial charge is 0.481 e. The molecule has 104 valence electrons. The summed E-state index contributed by atoms with van der Waals surface area (Å²) < 4.78 is 5.06. The van der Waals surface area contributed by atoms with Crippen molar-refractivity contribution in [3.8, 4) is 5.88 Å². The number of carbonyl (C=O) groups is 1. The first kappa shape index (κ1) is 13.9. The molecule has 0 atom stereocenters. The van der Waals surface area contributed by atoms with Crippen LogP contribution in [0.1, 0.15) is 21.5 Å². The third-order valence-electron chi connectivity index (χ3n) is 2.96. The number of benzene rings is 1. The van der Waals surface area contributed by atoms with Crippen molar-refractivity contribution in [1.29, 1.82) is 0 Å². The van der Waals surface area contributed by atoms with Crippen LogP contribution in [0.2, 0.25) is 0 Å². The molecule has 1 heterocycles. The number of methoxy groups -OCH3 is 1. The van der Waals surface area contributed by atoms with Crippen molar-refractivity contribution < 1.29 is 14.6 Å². The fourth-order valence-corrected chi connectivity index (χ4v) is 1.89. The Labute approximate surface area is 117 Å². The van der Waals surface area contributed by atoms with Crippen LogP contribution in [0.3, 0.4) is 0 Å². The Morgan fingerprint density at radius 3 is 2.80 bits per heavy atom. The molecule has 0 aliphatic heterocycles. The normalized spacial score (nSPS) is 10.1. The Morgan fingerprint density at radius 2 is 2.15 bits per heavy atom. The Morgan fingerprint density at radius 1 is 1.35 bits per heavy atom. The molecule has 0 bridgehead atoms. The van der Waals surface area contributed by atoms with Crippen LogP contribution in [0.25, 0.3) is 0 Å². The third kappa shape index (κ3) is 3.26. The predicted octanol–water partition coefficient (Wildman–Crippen LogP) is 2.71. The number of rotatable bonds is 5. The summed E-state index contributed by atoms with van der Waals surface area (Å²) in [6, 6.07) is 8.93. The molecule has 5 nitrogen and oxygen atoms in total. The highest BCUT2D eigenvalue weighted by Crippen LogP contribution is 2.17. The first-order valence-electron chi connectivity index (χ1n) is 6.17. The Kier molecular flexibility index (Phi) is 4.20. The van der Waals surface area contributed by atoms with E-state index < -0.39 is 5.97 Å². The van der Waals surface area contributed by atoms with Gasteiger partial charge in [-0.15, -0.1) is 0 Å². The van der Waals surface area contributed by atoms with Gasteiger partial charge in [-0.05, 0) is 42.3 Å². The lowest BCUT2D eigenvalue weighted by molar-refractivity contribution is 0.0696. The number of aryl methyl sites for hydroxylation is 1. The van der Waals surface area contributed by atoms with E-state index in [1.807, 2.05) is 18.2 Å². The van der Waals surface area contributed by atoms with E-state index >= 15 is 0 Å². The van der Waals surface area contributed by atoms with Crippen LogP contribution in [0.15, 0.2) is 36.5 Å². The van der Waals surface area contributed by atoms with Crippen molar-refractivity contribution in [2.45, 2.75) is 13.5 Å². The number of nitrogens with one attached hydrogen (secondary N) is 1. The van der Waals surface area contributed by atoms with Crippen LogP contribution in [-0.2, 0) is 6.54 Å². The molecule has 0 saturated heterocycles. The molecule has 5 heteroatoms. The van der Waals surface area contributed by atoms with E-state index in [0.717, 1.165) is 16.8 Å². The minimum absolute atomic E-state index is 0.320. The summed E-state index contributed by atoms with van der Waals surface area (Å²) >= 11 is 0. The minimum atomic E-state index is -0.909. The number of pyridine rings is 1. The van der Waals surface area contributed by atoms with Gasteiger partial charge in [-0.3, -0.25) is 0 Å². The lowest BCUT2D eigenvalue weighted by atomic mass is 10.1. The second-order valence-electron chi connectivity index (χ2n) is 4.39. The molecule has 0 radical (unpaired) electrons. The van der Waals surface area contributed by atoms with Gasteiger partial charge in [0.25, 0.3) is 0 Å². The summed E-state index contributed by atoms with van der Waals surface area (Å²) in [5.41, 5.74) is 2.97. The summed E-state index contributed by atoms with van der Waals surface area (Å²) in [4.78, 5) is 15.0. The van der Waals surface area contributed by atoms with Crippen molar-refractivity contribution in [2.24, 2.45) is 0 Å². The quantitative estimate of drug-likeness (QED) is 0.875. The average molecular weight is 272 g/mol. The average Bonchev–Trinajstić information content (AvgIpc) is 2.45. The van der Waals surface area contributed by atoms with Gasteiger partial charge in [0, 0.05) is 24.5 Å². The van der Waals surface area contributed by atoms with Gasteiger partial charge < -0.3 is 15.2 Å². The molecule has 0 spiro atoms. The number of aromatic carboxylic acids is 1. The smallest absolute Gasteiger partial charge is 0.335 e. The van der Waals surface area contributed by atoms with Crippen LogP contribution in [0.5, 0.6) is 5.88 Å². The van der Waals surface area contributed by atoms with E-state index in [1.165, 1.54) is 0 Å². The van der Waals surface area contributed by atoms with E-state index in [9.17, 15) is 4.79 Å². The summed E-state index contributed by atoms with van der Waals surface area (Å²) in [5.74, 6) is -0.338. The Bertz CT molecular complexity index is 626. The van der Waals surface area contributed by atoms with Crippen LogP contribution >= 0.6 is 0 Å². The van der Waals surface area contributed by atoms with Crippen LogP contribution < -0.4 is 10.1 Å². The molecular weight excluding hydrogens is 256 g/mol. The molecule has 20 heavy (non-hydrogen) atoms.